The van der Waals surface area contributed by atoms with Gasteiger partial charge < -0.3 is 29.1 Å². The third-order valence-corrected chi connectivity index (χ3v) is 9.22. The molecule has 3 aromatic rings. The lowest BCUT2D eigenvalue weighted by molar-refractivity contribution is 0.103. The number of halogens is 2. The van der Waals surface area contributed by atoms with E-state index in [1.165, 1.54) is 12.1 Å². The van der Waals surface area contributed by atoms with Gasteiger partial charge in [0, 0.05) is 100 Å². The van der Waals surface area contributed by atoms with Crippen LogP contribution >= 0.6 is 0 Å². The van der Waals surface area contributed by atoms with Gasteiger partial charge in [-0.05, 0) is 58.3 Å². The average molecular weight is 591 g/mol. The Bertz CT molecular complexity index is 1650. The van der Waals surface area contributed by atoms with Crippen molar-refractivity contribution in [3.05, 3.63) is 69.0 Å². The van der Waals surface area contributed by atoms with Crippen LogP contribution in [-0.2, 0) is 6.54 Å². The van der Waals surface area contributed by atoms with E-state index in [0.29, 0.717) is 72.0 Å². The van der Waals surface area contributed by atoms with Crippen molar-refractivity contribution in [2.24, 2.45) is 0 Å². The first-order valence-corrected chi connectivity index (χ1v) is 15.3. The number of benzene rings is 2. The van der Waals surface area contributed by atoms with Gasteiger partial charge in [0.15, 0.2) is 11.2 Å². The summed E-state index contributed by atoms with van der Waals surface area (Å²) in [6.45, 7) is 11.7. The molecule has 8 nitrogen and oxygen atoms in total. The Balaban J connectivity index is 1.38. The molecule has 0 N–H and O–H groups in total. The number of nitrogens with zero attached hydrogens (tertiary/aromatic N) is 6. The van der Waals surface area contributed by atoms with Crippen LogP contribution in [0.3, 0.4) is 0 Å². The molecule has 0 radical (unpaired) electrons. The van der Waals surface area contributed by atoms with E-state index in [1.54, 1.807) is 24.4 Å². The first kappa shape index (κ1) is 29.3. The number of aromatic nitrogens is 1. The van der Waals surface area contributed by atoms with Crippen molar-refractivity contribution < 1.29 is 13.6 Å². The number of carbonyl (C=O) groups is 1. The maximum Gasteiger partial charge on any atom is 0.196 e. The van der Waals surface area contributed by atoms with Gasteiger partial charge in [0.1, 0.15) is 11.6 Å². The number of anilines is 3. The van der Waals surface area contributed by atoms with Gasteiger partial charge in [0.05, 0.1) is 22.6 Å². The highest BCUT2D eigenvalue weighted by Gasteiger charge is 2.30. The molecule has 0 unspecified atom stereocenters. The summed E-state index contributed by atoms with van der Waals surface area (Å²) in [5.41, 5.74) is 3.10. The SMILES string of the molecule is CCN1C/C(=C\c2cn(CC)c3cc(N4CCN(C)CC4)c(F)cc3c2=O)C(=O)c2cc(F)c(N3CCN(C)CC3)cc21. The van der Waals surface area contributed by atoms with Crippen LogP contribution < -0.4 is 20.1 Å². The number of hydrogen-bond donors (Lipinski definition) is 0. The quantitative estimate of drug-likeness (QED) is 0.418. The predicted octanol–water partition coefficient (Wildman–Crippen LogP) is 3.91. The number of hydrogen-bond acceptors (Lipinski definition) is 7. The minimum absolute atomic E-state index is 0.283. The van der Waals surface area contributed by atoms with Gasteiger partial charge >= 0.3 is 0 Å². The number of carbonyl (C=O) groups excluding carboxylic acids is 1. The average Bonchev–Trinajstić information content (AvgIpc) is 3.00. The molecule has 4 heterocycles. The molecule has 10 heteroatoms. The van der Waals surface area contributed by atoms with Crippen molar-refractivity contribution in [1.82, 2.24) is 14.4 Å². The second-order valence-corrected chi connectivity index (χ2v) is 11.9. The fourth-order valence-corrected chi connectivity index (χ4v) is 6.48. The summed E-state index contributed by atoms with van der Waals surface area (Å²) in [6, 6.07) is 6.26. The molecule has 2 fully saturated rings. The van der Waals surface area contributed by atoms with Crippen LogP contribution in [0, 0.1) is 11.6 Å². The molecule has 0 amide bonds. The van der Waals surface area contributed by atoms with E-state index in [2.05, 4.69) is 23.9 Å². The normalized spacial score (nSPS) is 19.5. The largest absolute Gasteiger partial charge is 0.367 e. The number of likely N-dealkylation sites (N-methyl/N-ethyl adjacent to an activating group) is 3. The van der Waals surface area contributed by atoms with Crippen LogP contribution in [0.1, 0.15) is 29.8 Å². The Hall–Kier alpha value is -3.76. The van der Waals surface area contributed by atoms with Gasteiger partial charge in [-0.3, -0.25) is 9.59 Å². The van der Waals surface area contributed by atoms with Crippen molar-refractivity contribution in [1.29, 1.82) is 0 Å². The van der Waals surface area contributed by atoms with Crippen molar-refractivity contribution in [3.63, 3.8) is 0 Å². The maximum atomic E-state index is 15.4. The zero-order valence-corrected chi connectivity index (χ0v) is 25.5. The molecule has 2 saturated heterocycles. The second kappa shape index (κ2) is 11.7. The molecular formula is C33H40F2N6O2. The fraction of sp³-hybridized carbons (Fsp3) is 0.455. The molecule has 0 saturated carbocycles. The van der Waals surface area contributed by atoms with E-state index in [9.17, 15) is 9.59 Å². The lowest BCUT2D eigenvalue weighted by Crippen LogP contribution is -2.45. The number of aryl methyl sites for hydroxylation is 1. The fourth-order valence-electron chi connectivity index (χ4n) is 6.48. The van der Waals surface area contributed by atoms with Crippen molar-refractivity contribution in [3.8, 4) is 0 Å². The van der Waals surface area contributed by atoms with Crippen LogP contribution in [0.25, 0.3) is 17.0 Å². The molecule has 0 atom stereocenters. The summed E-state index contributed by atoms with van der Waals surface area (Å²) in [4.78, 5) is 38.0. The monoisotopic (exact) mass is 590 g/mol. The summed E-state index contributed by atoms with van der Waals surface area (Å²) in [6.07, 6.45) is 3.36. The topological polar surface area (TPSA) is 55.3 Å². The number of Topliss-reactive ketones (excluding diaryl/α,β-unsaturated/α-hetero) is 1. The zero-order chi connectivity index (χ0) is 30.4. The van der Waals surface area contributed by atoms with Gasteiger partial charge in [-0.25, -0.2) is 8.78 Å². The van der Waals surface area contributed by atoms with Gasteiger partial charge in [-0.2, -0.15) is 0 Å². The van der Waals surface area contributed by atoms with E-state index in [1.807, 2.05) is 33.1 Å². The highest BCUT2D eigenvalue weighted by Crippen LogP contribution is 2.36. The van der Waals surface area contributed by atoms with E-state index in [4.69, 9.17) is 0 Å². The molecule has 3 aliphatic rings. The third-order valence-electron chi connectivity index (χ3n) is 9.22. The molecule has 0 spiro atoms. The van der Waals surface area contributed by atoms with Crippen molar-refractivity contribution in [2.45, 2.75) is 20.4 Å². The Morgan fingerprint density at radius 3 is 1.91 bits per heavy atom. The van der Waals surface area contributed by atoms with Gasteiger partial charge in [-0.15, -0.1) is 0 Å². The molecular weight excluding hydrogens is 550 g/mol. The Morgan fingerprint density at radius 1 is 0.744 bits per heavy atom. The van der Waals surface area contributed by atoms with E-state index in [-0.39, 0.29) is 16.6 Å². The zero-order valence-electron chi connectivity index (χ0n) is 25.5. The summed E-state index contributed by atoms with van der Waals surface area (Å²) < 4.78 is 32.8. The minimum Gasteiger partial charge on any atom is -0.367 e. The van der Waals surface area contributed by atoms with E-state index < -0.39 is 11.6 Å². The van der Waals surface area contributed by atoms with Gasteiger partial charge in [0.25, 0.3) is 0 Å². The first-order valence-electron chi connectivity index (χ1n) is 15.3. The van der Waals surface area contributed by atoms with E-state index in [0.717, 1.165) is 39.3 Å². The molecule has 2 aromatic carbocycles. The maximum absolute atomic E-state index is 15.4. The Morgan fingerprint density at radius 2 is 1.33 bits per heavy atom. The smallest absolute Gasteiger partial charge is 0.196 e. The van der Waals surface area contributed by atoms with Crippen LogP contribution in [0.2, 0.25) is 0 Å². The highest BCUT2D eigenvalue weighted by atomic mass is 19.1. The summed E-state index contributed by atoms with van der Waals surface area (Å²) in [7, 11) is 4.11. The van der Waals surface area contributed by atoms with Crippen LogP contribution in [0.5, 0.6) is 0 Å². The summed E-state index contributed by atoms with van der Waals surface area (Å²) in [5.74, 6) is -1.13. The van der Waals surface area contributed by atoms with Gasteiger partial charge in [0.2, 0.25) is 0 Å². The number of piperazine rings is 2. The van der Waals surface area contributed by atoms with Crippen molar-refractivity contribution in [2.75, 3.05) is 94.2 Å². The third kappa shape index (κ3) is 5.42. The van der Waals surface area contributed by atoms with Crippen LogP contribution in [-0.4, -0.2) is 99.7 Å². The standard InChI is InChI=1S/C33H40F2N6O2/c1-5-38-20-22(32(42)24-16-26(34)30(18-28(24)38)40-11-7-36(3)8-12-40)15-23-21-39(6-2)29-19-31(27(35)17-25(29)33(23)43)41-13-9-37(4)10-14-41/h15-20H,5-14,21H2,1-4H3/b23-15+. The van der Waals surface area contributed by atoms with Crippen LogP contribution in [0.15, 0.2) is 40.8 Å². The minimum atomic E-state index is -0.423. The first-order chi connectivity index (χ1) is 20.7. The van der Waals surface area contributed by atoms with Crippen LogP contribution in [0.4, 0.5) is 25.8 Å². The number of ketones is 1. The summed E-state index contributed by atoms with van der Waals surface area (Å²) >= 11 is 0. The van der Waals surface area contributed by atoms with Crippen molar-refractivity contribution >= 4 is 39.8 Å². The molecule has 6 rings (SSSR count). The van der Waals surface area contributed by atoms with E-state index >= 15 is 8.78 Å². The highest BCUT2D eigenvalue weighted by molar-refractivity contribution is 6.17. The lowest BCUT2D eigenvalue weighted by Gasteiger charge is -2.36. The molecule has 0 aliphatic carbocycles. The molecule has 0 bridgehead atoms. The Labute approximate surface area is 251 Å². The van der Waals surface area contributed by atoms with Gasteiger partial charge in [-0.1, -0.05) is 0 Å². The molecule has 3 aliphatic heterocycles. The number of rotatable bonds is 5. The second-order valence-electron chi connectivity index (χ2n) is 11.9. The molecule has 43 heavy (non-hydrogen) atoms. The molecule has 1 aromatic heterocycles. The number of fused-ring (bicyclic) bond motifs is 2. The lowest BCUT2D eigenvalue weighted by atomic mass is 9.93. The molecule has 228 valence electrons. The summed E-state index contributed by atoms with van der Waals surface area (Å²) in [5, 5.41) is 0.283. The number of pyridine rings is 1. The predicted molar refractivity (Wildman–Crippen MR) is 170 cm³/mol. The Kier molecular flexibility index (Phi) is 8.00.